The van der Waals surface area contributed by atoms with Crippen molar-refractivity contribution in [3.05, 3.63) is 0 Å². The van der Waals surface area contributed by atoms with Gasteiger partial charge >= 0.3 is 0 Å². The van der Waals surface area contributed by atoms with Crippen LogP contribution < -0.4 is 0 Å². The molecule has 5 heteroatoms. The molecule has 0 rings (SSSR count). The molecule has 0 amide bonds. The second-order valence-corrected chi connectivity index (χ2v) is 4.52. The summed E-state index contributed by atoms with van der Waals surface area (Å²) in [6.07, 6.45) is -0.333. The summed E-state index contributed by atoms with van der Waals surface area (Å²) in [6.45, 7) is 9.91. The predicted octanol–water partition coefficient (Wildman–Crippen LogP) is 1.73. The zero-order valence-electron chi connectivity index (χ0n) is 9.87. The van der Waals surface area contributed by atoms with E-state index >= 15 is 0 Å². The van der Waals surface area contributed by atoms with Gasteiger partial charge in [-0.2, -0.15) is 0 Å². The monoisotopic (exact) mass is 262 g/mol. The quantitative estimate of drug-likeness (QED) is 0.460. The molecule has 0 fully saturated rings. The van der Waals surface area contributed by atoms with E-state index in [-0.39, 0.29) is 33.9 Å². The molecule has 3 nitrogen and oxygen atoms in total. The van der Waals surface area contributed by atoms with Crippen LogP contribution in [0.2, 0.25) is 0 Å². The Hall–Kier alpha value is 0.884. The average molecular weight is 263 g/mol. The molecular weight excluding hydrogens is 239 g/mol. The molecule has 0 aliphatic rings. The van der Waals surface area contributed by atoms with E-state index in [9.17, 15) is 0 Å². The molecule has 0 atom stereocenters. The fourth-order valence-electron chi connectivity index (χ4n) is 0. The molecule has 14 heavy (non-hydrogen) atoms. The number of alkyl halides is 1. The third kappa shape index (κ3) is 2330. The molecule has 0 saturated carbocycles. The standard InChI is InChI=1S/C3H7ClO.2C3H8O.Ti/c1-3(2,4)5;2*1-3(2)4;/h5H,1-2H3;2*3-4H,1-2H3;. The number of rotatable bonds is 0. The van der Waals surface area contributed by atoms with E-state index in [1.807, 2.05) is 0 Å². The first-order valence-electron chi connectivity index (χ1n) is 4.24. The van der Waals surface area contributed by atoms with Gasteiger partial charge < -0.3 is 15.3 Å². The Kier molecular flexibility index (Phi) is 24.0. The third-order valence-electron chi connectivity index (χ3n) is 0. The summed E-state index contributed by atoms with van der Waals surface area (Å²) in [5.74, 6) is 0. The molecule has 0 aromatic carbocycles. The summed E-state index contributed by atoms with van der Waals surface area (Å²) in [5.41, 5.74) is 0. The molecule has 0 aromatic rings. The fraction of sp³-hybridized carbons (Fsp3) is 1.00. The van der Waals surface area contributed by atoms with Crippen LogP contribution in [0.4, 0.5) is 0 Å². The van der Waals surface area contributed by atoms with E-state index in [1.54, 1.807) is 27.7 Å². The Morgan fingerprint density at radius 2 is 0.929 bits per heavy atom. The minimum atomic E-state index is -1.03. The van der Waals surface area contributed by atoms with Gasteiger partial charge in [-0.3, -0.25) is 0 Å². The van der Waals surface area contributed by atoms with E-state index in [0.29, 0.717) is 0 Å². The van der Waals surface area contributed by atoms with Crippen LogP contribution >= 0.6 is 11.6 Å². The Labute approximate surface area is 107 Å². The Bertz CT molecular complexity index is 75.0. The topological polar surface area (TPSA) is 60.7 Å². The molecule has 88 valence electrons. The first-order chi connectivity index (χ1) is 5.46. The van der Waals surface area contributed by atoms with Crippen molar-refractivity contribution in [2.45, 2.75) is 58.8 Å². The zero-order valence-corrected chi connectivity index (χ0v) is 12.2. The first-order valence-corrected chi connectivity index (χ1v) is 4.62. The van der Waals surface area contributed by atoms with Gasteiger partial charge in [0.1, 0.15) is 5.06 Å². The summed E-state index contributed by atoms with van der Waals surface area (Å²) < 4.78 is 0. The van der Waals surface area contributed by atoms with E-state index in [0.717, 1.165) is 0 Å². The van der Waals surface area contributed by atoms with Gasteiger partial charge in [0.25, 0.3) is 0 Å². The second-order valence-electron chi connectivity index (χ2n) is 3.60. The average Bonchev–Trinajstić information content (AvgIpc) is 1.50. The van der Waals surface area contributed by atoms with Crippen LogP contribution in [0.5, 0.6) is 0 Å². The van der Waals surface area contributed by atoms with Gasteiger partial charge in [0.2, 0.25) is 0 Å². The molecular formula is C9H23ClO3Ti. The molecule has 3 N–H and O–H groups in total. The molecule has 0 radical (unpaired) electrons. The number of aliphatic hydroxyl groups is 3. The summed E-state index contributed by atoms with van der Waals surface area (Å²) in [7, 11) is 0. The smallest absolute Gasteiger partial charge is 0.133 e. The van der Waals surface area contributed by atoms with Crippen molar-refractivity contribution in [2.75, 3.05) is 0 Å². The van der Waals surface area contributed by atoms with Crippen LogP contribution in [0.15, 0.2) is 0 Å². The molecule has 0 saturated heterocycles. The Balaban J connectivity index is -0.0000000522. The van der Waals surface area contributed by atoms with Gasteiger partial charge in [0, 0.05) is 33.9 Å². The van der Waals surface area contributed by atoms with Crippen LogP contribution in [-0.2, 0) is 21.7 Å². The van der Waals surface area contributed by atoms with Crippen molar-refractivity contribution in [2.24, 2.45) is 0 Å². The molecule has 0 aliphatic carbocycles. The number of hydrogen-bond donors (Lipinski definition) is 3. The Morgan fingerprint density at radius 3 is 0.929 bits per heavy atom. The van der Waals surface area contributed by atoms with E-state index < -0.39 is 5.06 Å². The number of aliphatic hydroxyl groups excluding tert-OH is 2. The van der Waals surface area contributed by atoms with Gasteiger partial charge in [-0.1, -0.05) is 11.6 Å². The fourth-order valence-corrected chi connectivity index (χ4v) is 0. The maximum Gasteiger partial charge on any atom is 0.133 e. The van der Waals surface area contributed by atoms with Gasteiger partial charge in [-0.25, -0.2) is 0 Å². The van der Waals surface area contributed by atoms with Gasteiger partial charge in [0.05, 0.1) is 0 Å². The zero-order chi connectivity index (χ0) is 11.7. The molecule has 0 aliphatic heterocycles. The normalized spacial score (nSPS) is 9.43. The largest absolute Gasteiger partial charge is 0.394 e. The van der Waals surface area contributed by atoms with Crippen molar-refractivity contribution in [1.82, 2.24) is 0 Å². The minimum absolute atomic E-state index is 0. The second kappa shape index (κ2) is 13.9. The van der Waals surface area contributed by atoms with Crippen molar-refractivity contribution < 1.29 is 37.0 Å². The van der Waals surface area contributed by atoms with Crippen LogP contribution in [0.1, 0.15) is 41.5 Å². The molecule has 0 unspecified atom stereocenters. The summed E-state index contributed by atoms with van der Waals surface area (Å²) >= 11 is 5.09. The van der Waals surface area contributed by atoms with Gasteiger partial charge in [-0.05, 0) is 41.5 Å². The number of hydrogen-bond acceptors (Lipinski definition) is 3. The van der Waals surface area contributed by atoms with Crippen molar-refractivity contribution in [3.63, 3.8) is 0 Å². The van der Waals surface area contributed by atoms with Crippen molar-refractivity contribution in [1.29, 1.82) is 0 Å². The Morgan fingerprint density at radius 1 is 0.929 bits per heavy atom. The third-order valence-corrected chi connectivity index (χ3v) is 0. The van der Waals surface area contributed by atoms with Gasteiger partial charge in [0.15, 0.2) is 0 Å². The van der Waals surface area contributed by atoms with Crippen LogP contribution in [-0.4, -0.2) is 32.6 Å². The summed E-state index contributed by atoms with van der Waals surface area (Å²) in [6, 6.07) is 0. The van der Waals surface area contributed by atoms with Crippen molar-refractivity contribution in [3.8, 4) is 0 Å². The number of halogens is 1. The maximum atomic E-state index is 8.29. The first kappa shape index (κ1) is 24.2. The molecule has 0 spiro atoms. The molecule has 0 heterocycles. The predicted molar refractivity (Wildman–Crippen MR) is 56.9 cm³/mol. The van der Waals surface area contributed by atoms with E-state index in [1.165, 1.54) is 13.8 Å². The maximum absolute atomic E-state index is 8.29. The molecule has 0 aromatic heterocycles. The van der Waals surface area contributed by atoms with E-state index in [4.69, 9.17) is 26.9 Å². The van der Waals surface area contributed by atoms with Crippen molar-refractivity contribution >= 4 is 11.6 Å². The summed E-state index contributed by atoms with van der Waals surface area (Å²) in [4.78, 5) is 0. The van der Waals surface area contributed by atoms with E-state index in [2.05, 4.69) is 0 Å². The van der Waals surface area contributed by atoms with Crippen LogP contribution in [0, 0.1) is 0 Å². The minimum Gasteiger partial charge on any atom is -0.394 e. The van der Waals surface area contributed by atoms with Crippen LogP contribution in [0.3, 0.4) is 0 Å². The molecule has 0 bridgehead atoms. The van der Waals surface area contributed by atoms with Crippen LogP contribution in [0.25, 0.3) is 0 Å². The van der Waals surface area contributed by atoms with Gasteiger partial charge in [-0.15, -0.1) is 0 Å². The summed E-state index contributed by atoms with van der Waals surface area (Å²) in [5, 5.41) is 23.4. The SMILES string of the molecule is CC(C)(O)Cl.CC(C)O.CC(C)O.[Ti].